The normalized spacial score (nSPS) is 17.0. The van der Waals surface area contributed by atoms with Crippen LogP contribution in [-0.4, -0.2) is 24.4 Å². The van der Waals surface area contributed by atoms with Crippen molar-refractivity contribution in [2.45, 2.75) is 25.6 Å². The second-order valence-electron chi connectivity index (χ2n) is 6.31. The molecule has 2 N–H and O–H groups in total. The number of rotatable bonds is 3. The van der Waals surface area contributed by atoms with Gasteiger partial charge in [-0.15, -0.1) is 0 Å². The van der Waals surface area contributed by atoms with Gasteiger partial charge in [0.05, 0.1) is 23.5 Å². The summed E-state index contributed by atoms with van der Waals surface area (Å²) < 4.78 is 38.4. The van der Waals surface area contributed by atoms with E-state index < -0.39 is 11.7 Å². The Labute approximate surface area is 154 Å². The van der Waals surface area contributed by atoms with E-state index in [1.54, 1.807) is 31.2 Å². The maximum Gasteiger partial charge on any atom is 0.416 e. The smallest absolute Gasteiger partial charge is 0.376 e. The van der Waals surface area contributed by atoms with Crippen molar-refractivity contribution in [3.63, 3.8) is 0 Å². The van der Waals surface area contributed by atoms with Crippen LogP contribution in [0.2, 0.25) is 0 Å². The number of hydrogen-bond acceptors (Lipinski definition) is 3. The third-order valence-corrected chi connectivity index (χ3v) is 4.26. The molecular formula is C19H18F3N3O2. The van der Waals surface area contributed by atoms with E-state index in [4.69, 9.17) is 0 Å². The van der Waals surface area contributed by atoms with Gasteiger partial charge in [0, 0.05) is 18.2 Å². The van der Waals surface area contributed by atoms with Crippen LogP contribution in [0.4, 0.5) is 30.2 Å². The first-order valence-electron chi connectivity index (χ1n) is 8.38. The summed E-state index contributed by atoms with van der Waals surface area (Å²) in [6.45, 7) is 1.55. The molecule has 2 aromatic rings. The Morgan fingerprint density at radius 2 is 1.96 bits per heavy atom. The Bertz CT molecular complexity index is 867. The van der Waals surface area contributed by atoms with Crippen molar-refractivity contribution in [3.8, 4) is 0 Å². The van der Waals surface area contributed by atoms with Gasteiger partial charge in [-0.3, -0.25) is 9.59 Å². The van der Waals surface area contributed by atoms with Crippen molar-refractivity contribution in [1.82, 2.24) is 0 Å². The van der Waals surface area contributed by atoms with Crippen molar-refractivity contribution in [1.29, 1.82) is 0 Å². The van der Waals surface area contributed by atoms with Gasteiger partial charge < -0.3 is 15.5 Å². The number of carbonyl (C=O) groups is 2. The van der Waals surface area contributed by atoms with Gasteiger partial charge in [0.25, 0.3) is 0 Å². The Morgan fingerprint density at radius 1 is 1.22 bits per heavy atom. The molecule has 0 aromatic heterocycles. The largest absolute Gasteiger partial charge is 0.416 e. The van der Waals surface area contributed by atoms with Crippen LogP contribution in [-0.2, 0) is 15.8 Å². The first-order chi connectivity index (χ1) is 12.8. The third kappa shape index (κ3) is 4.21. The highest BCUT2D eigenvalue weighted by atomic mass is 19.4. The summed E-state index contributed by atoms with van der Waals surface area (Å²) in [5, 5.41) is 5.50. The zero-order chi connectivity index (χ0) is 19.6. The molecular weight excluding hydrogens is 359 g/mol. The van der Waals surface area contributed by atoms with E-state index in [9.17, 15) is 22.8 Å². The molecule has 0 radical (unpaired) electrons. The summed E-state index contributed by atoms with van der Waals surface area (Å²) in [4.78, 5) is 26.2. The minimum absolute atomic E-state index is 0.129. The molecule has 0 unspecified atom stereocenters. The van der Waals surface area contributed by atoms with E-state index in [0.717, 1.165) is 12.1 Å². The molecule has 8 heteroatoms. The molecule has 0 bridgehead atoms. The number of nitrogens with zero attached hydrogens (tertiary/aromatic N) is 1. The fourth-order valence-electron chi connectivity index (χ4n) is 3.04. The van der Waals surface area contributed by atoms with Gasteiger partial charge in [0.1, 0.15) is 0 Å². The SMILES string of the molecule is C[C@@H]1CC(=O)Nc2ccccc2N1C(=O)CNc1cccc(C(F)(F)F)c1. The van der Waals surface area contributed by atoms with Crippen LogP contribution in [0, 0.1) is 0 Å². The summed E-state index contributed by atoms with van der Waals surface area (Å²) >= 11 is 0. The predicted octanol–water partition coefficient (Wildman–Crippen LogP) is 3.88. The zero-order valence-electron chi connectivity index (χ0n) is 14.5. The van der Waals surface area contributed by atoms with Crippen LogP contribution in [0.1, 0.15) is 18.9 Å². The quantitative estimate of drug-likeness (QED) is 0.853. The second-order valence-corrected chi connectivity index (χ2v) is 6.31. The van der Waals surface area contributed by atoms with E-state index in [1.807, 2.05) is 0 Å². The lowest BCUT2D eigenvalue weighted by atomic mass is 10.1. The number of alkyl halides is 3. The highest BCUT2D eigenvalue weighted by molar-refractivity contribution is 6.05. The third-order valence-electron chi connectivity index (χ3n) is 4.26. The molecule has 3 rings (SSSR count). The number of nitrogens with one attached hydrogen (secondary N) is 2. The minimum atomic E-state index is -4.45. The molecule has 2 amide bonds. The molecule has 2 aromatic carbocycles. The van der Waals surface area contributed by atoms with Crippen LogP contribution >= 0.6 is 0 Å². The molecule has 1 aliphatic rings. The van der Waals surface area contributed by atoms with Crippen molar-refractivity contribution in [2.75, 3.05) is 22.1 Å². The molecule has 0 saturated carbocycles. The maximum atomic E-state index is 12.8. The number of amides is 2. The first-order valence-corrected chi connectivity index (χ1v) is 8.38. The zero-order valence-corrected chi connectivity index (χ0v) is 14.5. The number of anilines is 3. The van der Waals surface area contributed by atoms with Crippen molar-refractivity contribution in [2.24, 2.45) is 0 Å². The minimum Gasteiger partial charge on any atom is -0.376 e. The fourth-order valence-corrected chi connectivity index (χ4v) is 3.04. The van der Waals surface area contributed by atoms with Crippen LogP contribution in [0.15, 0.2) is 48.5 Å². The summed E-state index contributed by atoms with van der Waals surface area (Å²) in [6.07, 6.45) is -4.32. The van der Waals surface area contributed by atoms with Crippen LogP contribution in [0.3, 0.4) is 0 Å². The topological polar surface area (TPSA) is 61.4 Å². The molecule has 27 heavy (non-hydrogen) atoms. The molecule has 1 aliphatic heterocycles. The van der Waals surface area contributed by atoms with Gasteiger partial charge >= 0.3 is 6.18 Å². The Balaban J connectivity index is 1.79. The highest BCUT2D eigenvalue weighted by Gasteiger charge is 2.31. The number of halogens is 3. The number of fused-ring (bicyclic) bond motifs is 1. The Morgan fingerprint density at radius 3 is 2.70 bits per heavy atom. The molecule has 142 valence electrons. The van der Waals surface area contributed by atoms with Crippen LogP contribution in [0.25, 0.3) is 0 Å². The summed E-state index contributed by atoms with van der Waals surface area (Å²) in [6, 6.07) is 11.2. The lowest BCUT2D eigenvalue weighted by Gasteiger charge is -2.28. The van der Waals surface area contributed by atoms with Gasteiger partial charge in [-0.05, 0) is 37.3 Å². The first kappa shape index (κ1) is 18.8. The summed E-state index contributed by atoms with van der Waals surface area (Å²) in [7, 11) is 0. The number of hydrogen-bond donors (Lipinski definition) is 2. The van der Waals surface area contributed by atoms with Crippen molar-refractivity contribution in [3.05, 3.63) is 54.1 Å². The lowest BCUT2D eigenvalue weighted by molar-refractivity contribution is -0.137. The summed E-state index contributed by atoms with van der Waals surface area (Å²) in [5.41, 5.74) is 0.498. The van der Waals surface area contributed by atoms with Gasteiger partial charge in [-0.1, -0.05) is 18.2 Å². The van der Waals surface area contributed by atoms with E-state index in [2.05, 4.69) is 10.6 Å². The monoisotopic (exact) mass is 377 g/mol. The van der Waals surface area contributed by atoms with E-state index in [0.29, 0.717) is 11.4 Å². The van der Waals surface area contributed by atoms with E-state index in [1.165, 1.54) is 17.0 Å². The molecule has 5 nitrogen and oxygen atoms in total. The molecule has 0 saturated heterocycles. The van der Waals surface area contributed by atoms with Crippen molar-refractivity contribution < 1.29 is 22.8 Å². The van der Waals surface area contributed by atoms with Crippen LogP contribution < -0.4 is 15.5 Å². The maximum absolute atomic E-state index is 12.8. The lowest BCUT2D eigenvalue weighted by Crippen LogP contribution is -2.42. The summed E-state index contributed by atoms with van der Waals surface area (Å²) in [5.74, 6) is -0.542. The molecule has 0 spiro atoms. The van der Waals surface area contributed by atoms with Crippen LogP contribution in [0.5, 0.6) is 0 Å². The molecule has 0 aliphatic carbocycles. The van der Waals surface area contributed by atoms with Gasteiger partial charge in [0.15, 0.2) is 0 Å². The number of benzene rings is 2. The Kier molecular flexibility index (Phi) is 5.07. The fraction of sp³-hybridized carbons (Fsp3) is 0.263. The van der Waals surface area contributed by atoms with Gasteiger partial charge in [-0.2, -0.15) is 13.2 Å². The average Bonchev–Trinajstić information content (AvgIpc) is 2.73. The predicted molar refractivity (Wildman–Crippen MR) is 96.6 cm³/mol. The van der Waals surface area contributed by atoms with Gasteiger partial charge in [0.2, 0.25) is 11.8 Å². The molecule has 0 fully saturated rings. The van der Waals surface area contributed by atoms with Gasteiger partial charge in [-0.25, -0.2) is 0 Å². The standard InChI is InChI=1S/C19H18F3N3O2/c1-12-9-17(26)24-15-7-2-3-8-16(15)25(12)18(27)11-23-14-6-4-5-13(10-14)19(20,21)22/h2-8,10,12,23H,9,11H2,1H3,(H,24,26)/t12-/m1/s1. The number of para-hydroxylation sites is 2. The van der Waals surface area contributed by atoms with E-state index in [-0.39, 0.29) is 36.5 Å². The average molecular weight is 377 g/mol. The highest BCUT2D eigenvalue weighted by Crippen LogP contribution is 2.32. The number of carbonyl (C=O) groups excluding carboxylic acids is 2. The second kappa shape index (κ2) is 7.30. The molecule has 1 atom stereocenters. The molecule has 1 heterocycles. The Hall–Kier alpha value is -3.03. The van der Waals surface area contributed by atoms with Crippen molar-refractivity contribution >= 4 is 28.9 Å². The van der Waals surface area contributed by atoms with E-state index >= 15 is 0 Å².